The maximum Gasteiger partial charge on any atom is 0.129 e. The van der Waals surface area contributed by atoms with Crippen molar-refractivity contribution in [3.8, 4) is 0 Å². The zero-order chi connectivity index (χ0) is 13.3. The molecule has 1 N–H and O–H groups in total. The fourth-order valence-electron chi connectivity index (χ4n) is 3.02. The highest BCUT2D eigenvalue weighted by molar-refractivity contribution is 5.26. The van der Waals surface area contributed by atoms with Crippen LogP contribution in [-0.2, 0) is 0 Å². The lowest BCUT2D eigenvalue weighted by atomic mass is 9.73. The number of aliphatic hydroxyl groups excluding tert-OH is 1. The summed E-state index contributed by atoms with van der Waals surface area (Å²) in [5.74, 6) is 1.26. The summed E-state index contributed by atoms with van der Waals surface area (Å²) in [4.78, 5) is 0. The second-order valence-corrected chi connectivity index (χ2v) is 6.00. The predicted octanol–water partition coefficient (Wildman–Crippen LogP) is 4.24. The molecular formula is C16H23FO. The lowest BCUT2D eigenvalue weighted by Crippen LogP contribution is -2.25. The second kappa shape index (κ2) is 5.40. The fraction of sp³-hybridized carbons (Fsp3) is 0.625. The van der Waals surface area contributed by atoms with Crippen LogP contribution in [0.5, 0.6) is 0 Å². The summed E-state index contributed by atoms with van der Waals surface area (Å²) >= 11 is 0. The standard InChI is InChI=1S/C16H23FO/c1-10-4-7-15(17)14(8-10)16(18)13-6-5-11(2)12(3)9-13/h4,7-8,11-13,16,18H,5-6,9H2,1-3H3. The fourth-order valence-corrected chi connectivity index (χ4v) is 3.02. The average Bonchev–Trinajstić information content (AvgIpc) is 2.35. The van der Waals surface area contributed by atoms with Crippen LogP contribution < -0.4 is 0 Å². The van der Waals surface area contributed by atoms with Gasteiger partial charge in [0.15, 0.2) is 0 Å². The highest BCUT2D eigenvalue weighted by atomic mass is 19.1. The molecule has 1 fully saturated rings. The molecule has 1 aliphatic rings. The largest absolute Gasteiger partial charge is 0.388 e. The molecule has 0 radical (unpaired) electrons. The molecule has 0 amide bonds. The molecule has 1 aromatic rings. The van der Waals surface area contributed by atoms with Crippen molar-refractivity contribution < 1.29 is 9.50 Å². The minimum Gasteiger partial charge on any atom is -0.388 e. The molecule has 4 unspecified atom stereocenters. The molecule has 4 atom stereocenters. The van der Waals surface area contributed by atoms with Gasteiger partial charge in [0, 0.05) is 5.56 Å². The van der Waals surface area contributed by atoms with Gasteiger partial charge in [-0.25, -0.2) is 4.39 Å². The van der Waals surface area contributed by atoms with E-state index in [1.165, 1.54) is 6.07 Å². The summed E-state index contributed by atoms with van der Waals surface area (Å²) in [5, 5.41) is 10.4. The van der Waals surface area contributed by atoms with Crippen LogP contribution in [0.4, 0.5) is 4.39 Å². The Labute approximate surface area is 109 Å². The van der Waals surface area contributed by atoms with E-state index < -0.39 is 6.10 Å². The van der Waals surface area contributed by atoms with Gasteiger partial charge in [0.25, 0.3) is 0 Å². The van der Waals surface area contributed by atoms with Gasteiger partial charge in [0.2, 0.25) is 0 Å². The van der Waals surface area contributed by atoms with Crippen LogP contribution in [0.15, 0.2) is 18.2 Å². The van der Waals surface area contributed by atoms with Gasteiger partial charge in [0.05, 0.1) is 6.10 Å². The van der Waals surface area contributed by atoms with Crippen LogP contribution in [0.25, 0.3) is 0 Å². The third kappa shape index (κ3) is 2.74. The van der Waals surface area contributed by atoms with Crippen LogP contribution in [0.2, 0.25) is 0 Å². The Hall–Kier alpha value is -0.890. The molecule has 0 bridgehead atoms. The topological polar surface area (TPSA) is 20.2 Å². The van der Waals surface area contributed by atoms with Gasteiger partial charge >= 0.3 is 0 Å². The molecule has 0 aliphatic heterocycles. The smallest absolute Gasteiger partial charge is 0.129 e. The lowest BCUT2D eigenvalue weighted by molar-refractivity contribution is 0.0536. The number of aliphatic hydroxyl groups is 1. The van der Waals surface area contributed by atoms with Crippen LogP contribution in [0, 0.1) is 30.5 Å². The minimum atomic E-state index is -0.653. The van der Waals surface area contributed by atoms with Gasteiger partial charge in [0.1, 0.15) is 5.82 Å². The molecule has 1 aromatic carbocycles. The van der Waals surface area contributed by atoms with Crippen molar-refractivity contribution in [3.63, 3.8) is 0 Å². The van der Waals surface area contributed by atoms with Gasteiger partial charge in [-0.15, -0.1) is 0 Å². The highest BCUT2D eigenvalue weighted by Crippen LogP contribution is 2.40. The maximum atomic E-state index is 13.8. The van der Waals surface area contributed by atoms with Crippen molar-refractivity contribution in [2.75, 3.05) is 0 Å². The van der Waals surface area contributed by atoms with E-state index in [1.54, 1.807) is 12.1 Å². The van der Waals surface area contributed by atoms with Gasteiger partial charge < -0.3 is 5.11 Å². The lowest BCUT2D eigenvalue weighted by Gasteiger charge is -2.35. The molecule has 0 saturated heterocycles. The molecule has 2 heteroatoms. The molecule has 100 valence electrons. The normalized spacial score (nSPS) is 30.2. The average molecular weight is 250 g/mol. The maximum absolute atomic E-state index is 13.8. The molecule has 1 aliphatic carbocycles. The monoisotopic (exact) mass is 250 g/mol. The van der Waals surface area contributed by atoms with E-state index in [-0.39, 0.29) is 11.7 Å². The van der Waals surface area contributed by atoms with Crippen LogP contribution in [-0.4, -0.2) is 5.11 Å². The van der Waals surface area contributed by atoms with E-state index in [4.69, 9.17) is 0 Å². The van der Waals surface area contributed by atoms with Crippen LogP contribution in [0.3, 0.4) is 0 Å². The van der Waals surface area contributed by atoms with E-state index in [1.807, 2.05) is 6.92 Å². The molecular weight excluding hydrogens is 227 g/mol. The molecule has 1 nitrogen and oxygen atoms in total. The van der Waals surface area contributed by atoms with Gasteiger partial charge in [-0.05, 0) is 43.6 Å². The Bertz CT molecular complexity index is 416. The number of hydrogen-bond acceptors (Lipinski definition) is 1. The first-order valence-electron chi connectivity index (χ1n) is 6.93. The highest BCUT2D eigenvalue weighted by Gasteiger charge is 2.31. The molecule has 0 heterocycles. The Morgan fingerprint density at radius 1 is 1.22 bits per heavy atom. The molecule has 1 saturated carbocycles. The summed E-state index contributed by atoms with van der Waals surface area (Å²) in [6.45, 7) is 6.43. The van der Waals surface area contributed by atoms with Crippen molar-refractivity contribution in [2.45, 2.75) is 46.1 Å². The molecule has 18 heavy (non-hydrogen) atoms. The van der Waals surface area contributed by atoms with Crippen molar-refractivity contribution in [1.29, 1.82) is 0 Å². The van der Waals surface area contributed by atoms with Gasteiger partial charge in [-0.3, -0.25) is 0 Å². The molecule has 0 aromatic heterocycles. The Morgan fingerprint density at radius 3 is 2.61 bits per heavy atom. The van der Waals surface area contributed by atoms with E-state index in [0.717, 1.165) is 30.7 Å². The molecule has 2 rings (SSSR count). The quantitative estimate of drug-likeness (QED) is 0.832. The first kappa shape index (κ1) is 13.5. The summed E-state index contributed by atoms with van der Waals surface area (Å²) < 4.78 is 13.8. The van der Waals surface area contributed by atoms with E-state index in [0.29, 0.717) is 11.5 Å². The Balaban J connectivity index is 2.16. The predicted molar refractivity (Wildman–Crippen MR) is 71.8 cm³/mol. The van der Waals surface area contributed by atoms with Crippen molar-refractivity contribution in [2.24, 2.45) is 17.8 Å². The van der Waals surface area contributed by atoms with Crippen molar-refractivity contribution in [1.82, 2.24) is 0 Å². The first-order chi connectivity index (χ1) is 8.49. The number of rotatable bonds is 2. The summed E-state index contributed by atoms with van der Waals surface area (Å²) in [5.41, 5.74) is 1.48. The zero-order valence-electron chi connectivity index (χ0n) is 11.5. The number of benzene rings is 1. The summed E-state index contributed by atoms with van der Waals surface area (Å²) in [7, 11) is 0. The van der Waals surface area contributed by atoms with Gasteiger partial charge in [-0.1, -0.05) is 38.0 Å². The Kier molecular flexibility index (Phi) is 4.06. The molecule has 0 spiro atoms. The van der Waals surface area contributed by atoms with Gasteiger partial charge in [-0.2, -0.15) is 0 Å². The third-order valence-electron chi connectivity index (χ3n) is 4.56. The summed E-state index contributed by atoms with van der Waals surface area (Å²) in [6.07, 6.45) is 2.48. The Morgan fingerprint density at radius 2 is 1.94 bits per heavy atom. The first-order valence-corrected chi connectivity index (χ1v) is 6.93. The second-order valence-electron chi connectivity index (χ2n) is 6.00. The zero-order valence-corrected chi connectivity index (χ0v) is 11.5. The van der Waals surface area contributed by atoms with Crippen molar-refractivity contribution >= 4 is 0 Å². The minimum absolute atomic E-state index is 0.201. The van der Waals surface area contributed by atoms with E-state index >= 15 is 0 Å². The van der Waals surface area contributed by atoms with E-state index in [9.17, 15) is 9.50 Å². The number of aryl methyl sites for hydroxylation is 1. The SMILES string of the molecule is Cc1ccc(F)c(C(O)C2CCC(C)C(C)C2)c1. The number of halogens is 1. The van der Waals surface area contributed by atoms with E-state index in [2.05, 4.69) is 13.8 Å². The van der Waals surface area contributed by atoms with Crippen LogP contribution in [0.1, 0.15) is 50.3 Å². The van der Waals surface area contributed by atoms with Crippen molar-refractivity contribution in [3.05, 3.63) is 35.1 Å². The van der Waals surface area contributed by atoms with Crippen LogP contribution >= 0.6 is 0 Å². The summed E-state index contributed by atoms with van der Waals surface area (Å²) in [6, 6.07) is 4.99. The number of hydrogen-bond donors (Lipinski definition) is 1. The third-order valence-corrected chi connectivity index (χ3v) is 4.56.